The smallest absolute Gasteiger partial charge is 0.319 e. The minimum Gasteiger partial charge on any atom is -0.455 e. The van der Waals surface area contributed by atoms with Crippen molar-refractivity contribution in [3.8, 4) is 11.5 Å². The highest BCUT2D eigenvalue weighted by molar-refractivity contribution is 6.00. The zero-order valence-electron chi connectivity index (χ0n) is 22.5. The summed E-state index contributed by atoms with van der Waals surface area (Å²) in [5.41, 5.74) is 3.07. The second kappa shape index (κ2) is 12.9. The molecular formula is C31H34N6O3. The largest absolute Gasteiger partial charge is 0.455 e. The monoisotopic (exact) mass is 538 g/mol. The van der Waals surface area contributed by atoms with Crippen molar-refractivity contribution < 1.29 is 14.3 Å². The zero-order chi connectivity index (χ0) is 27.7. The van der Waals surface area contributed by atoms with Gasteiger partial charge in [0.25, 0.3) is 0 Å². The Hall–Kier alpha value is -4.63. The van der Waals surface area contributed by atoms with Gasteiger partial charge < -0.3 is 30.9 Å². The van der Waals surface area contributed by atoms with Gasteiger partial charge in [0.15, 0.2) is 5.75 Å². The summed E-state index contributed by atoms with van der Waals surface area (Å²) in [5.74, 6) is 1.29. The normalized spacial score (nSPS) is 13.9. The van der Waals surface area contributed by atoms with E-state index in [9.17, 15) is 9.59 Å². The highest BCUT2D eigenvalue weighted by atomic mass is 16.5. The topological polar surface area (TPSA) is 108 Å². The third kappa shape index (κ3) is 7.27. The predicted octanol–water partition coefficient (Wildman–Crippen LogP) is 5.74. The van der Waals surface area contributed by atoms with E-state index in [1.165, 1.54) is 0 Å². The Balaban J connectivity index is 1.03. The Morgan fingerprint density at radius 3 is 2.40 bits per heavy atom. The van der Waals surface area contributed by atoms with Crippen molar-refractivity contribution >= 4 is 34.3 Å². The van der Waals surface area contributed by atoms with Crippen LogP contribution in [0.25, 0.3) is 10.9 Å². The second-order valence-electron chi connectivity index (χ2n) is 9.83. The summed E-state index contributed by atoms with van der Waals surface area (Å²) in [6.45, 7) is 4.88. The van der Waals surface area contributed by atoms with Crippen LogP contribution in [0.1, 0.15) is 18.5 Å². The van der Waals surface area contributed by atoms with Gasteiger partial charge in [0, 0.05) is 43.3 Å². The Kier molecular flexibility index (Phi) is 8.73. The average molecular weight is 539 g/mol. The summed E-state index contributed by atoms with van der Waals surface area (Å²) < 4.78 is 5.94. The highest BCUT2D eigenvalue weighted by Crippen LogP contribution is 2.29. The van der Waals surface area contributed by atoms with Crippen LogP contribution in [0.3, 0.4) is 0 Å². The van der Waals surface area contributed by atoms with Crippen LogP contribution in [0.15, 0.2) is 84.9 Å². The number of benzene rings is 3. The van der Waals surface area contributed by atoms with E-state index in [0.717, 1.165) is 54.8 Å². The van der Waals surface area contributed by atoms with Crippen LogP contribution in [0.5, 0.6) is 11.5 Å². The van der Waals surface area contributed by atoms with Crippen LogP contribution >= 0.6 is 0 Å². The van der Waals surface area contributed by atoms with Crippen molar-refractivity contribution in [3.63, 3.8) is 0 Å². The SMILES string of the molecule is Cc1cc(NC(=O)NCCN2CCC(NC(=O)Nc3ccccc3Oc3ccccc3)CC2)c2ccccc2n1. The van der Waals surface area contributed by atoms with Crippen molar-refractivity contribution in [2.45, 2.75) is 25.8 Å². The van der Waals surface area contributed by atoms with Gasteiger partial charge in [0.2, 0.25) is 0 Å². The maximum absolute atomic E-state index is 12.7. The van der Waals surface area contributed by atoms with Gasteiger partial charge in [-0.2, -0.15) is 0 Å². The number of piperidine rings is 1. The first-order valence-electron chi connectivity index (χ1n) is 13.6. The molecule has 206 valence electrons. The maximum atomic E-state index is 12.7. The molecule has 40 heavy (non-hydrogen) atoms. The minimum absolute atomic E-state index is 0.0814. The number of carbonyl (C=O) groups excluding carboxylic acids is 2. The molecule has 1 saturated heterocycles. The molecule has 1 aliphatic heterocycles. The van der Waals surface area contributed by atoms with Gasteiger partial charge in [0.1, 0.15) is 5.75 Å². The first-order valence-corrected chi connectivity index (χ1v) is 13.6. The number of hydrogen-bond donors (Lipinski definition) is 4. The number of anilines is 2. The standard InChI is InChI=1S/C31H34N6O3/c1-22-21-28(25-11-5-6-12-26(25)33-22)36-30(38)32-17-20-37-18-15-23(16-19-37)34-31(39)35-27-13-7-8-14-29(27)40-24-9-3-2-4-10-24/h2-14,21,23H,15-20H2,1H3,(H2,34,35,39)(H2,32,33,36,38). The number of nitrogens with zero attached hydrogens (tertiary/aromatic N) is 2. The van der Waals surface area contributed by atoms with Crippen LogP contribution in [0.4, 0.5) is 21.0 Å². The number of para-hydroxylation sites is 4. The summed E-state index contributed by atoms with van der Waals surface area (Å²) in [4.78, 5) is 32.1. The second-order valence-corrected chi connectivity index (χ2v) is 9.83. The number of hydrogen-bond acceptors (Lipinski definition) is 5. The number of aryl methyl sites for hydroxylation is 1. The molecular weight excluding hydrogens is 504 g/mol. The molecule has 0 aliphatic carbocycles. The van der Waals surface area contributed by atoms with Crippen molar-refractivity contribution in [3.05, 3.63) is 90.6 Å². The Bertz CT molecular complexity index is 1450. The summed E-state index contributed by atoms with van der Waals surface area (Å²) in [5, 5.41) is 12.8. The van der Waals surface area contributed by atoms with E-state index >= 15 is 0 Å². The fourth-order valence-electron chi connectivity index (χ4n) is 4.82. The van der Waals surface area contributed by atoms with E-state index in [1.807, 2.05) is 91.9 Å². The van der Waals surface area contributed by atoms with E-state index in [-0.39, 0.29) is 18.1 Å². The number of pyridine rings is 1. The summed E-state index contributed by atoms with van der Waals surface area (Å²) >= 11 is 0. The summed E-state index contributed by atoms with van der Waals surface area (Å²) in [7, 11) is 0. The first-order chi connectivity index (χ1) is 19.5. The number of nitrogens with one attached hydrogen (secondary N) is 4. The number of amides is 4. The molecule has 4 amide bonds. The number of likely N-dealkylation sites (tertiary alicyclic amines) is 1. The van der Waals surface area contributed by atoms with Crippen molar-refractivity contribution in [2.75, 3.05) is 36.8 Å². The fraction of sp³-hybridized carbons (Fsp3) is 0.258. The molecule has 1 aromatic heterocycles. The lowest BCUT2D eigenvalue weighted by atomic mass is 10.1. The van der Waals surface area contributed by atoms with E-state index in [4.69, 9.17) is 4.74 Å². The molecule has 1 fully saturated rings. The van der Waals surface area contributed by atoms with Crippen LogP contribution in [0.2, 0.25) is 0 Å². The molecule has 4 N–H and O–H groups in total. The number of fused-ring (bicyclic) bond motifs is 1. The Morgan fingerprint density at radius 2 is 1.57 bits per heavy atom. The lowest BCUT2D eigenvalue weighted by molar-refractivity contribution is 0.196. The fourth-order valence-corrected chi connectivity index (χ4v) is 4.82. The summed E-state index contributed by atoms with van der Waals surface area (Å²) in [6, 6.07) is 26.1. The molecule has 0 bridgehead atoms. The molecule has 0 saturated carbocycles. The lowest BCUT2D eigenvalue weighted by Gasteiger charge is -2.32. The van der Waals surface area contributed by atoms with Gasteiger partial charge in [-0.3, -0.25) is 4.98 Å². The van der Waals surface area contributed by atoms with Gasteiger partial charge >= 0.3 is 12.1 Å². The highest BCUT2D eigenvalue weighted by Gasteiger charge is 2.21. The van der Waals surface area contributed by atoms with Crippen LogP contribution in [0, 0.1) is 6.92 Å². The quantitative estimate of drug-likeness (QED) is 0.229. The molecule has 0 unspecified atom stereocenters. The number of rotatable bonds is 8. The van der Waals surface area contributed by atoms with Gasteiger partial charge in [-0.1, -0.05) is 48.5 Å². The Morgan fingerprint density at radius 1 is 0.875 bits per heavy atom. The first kappa shape index (κ1) is 27.0. The van der Waals surface area contributed by atoms with Crippen molar-refractivity contribution in [1.82, 2.24) is 20.5 Å². The van der Waals surface area contributed by atoms with E-state index in [0.29, 0.717) is 23.7 Å². The van der Waals surface area contributed by atoms with Gasteiger partial charge in [0.05, 0.1) is 16.9 Å². The van der Waals surface area contributed by atoms with Gasteiger partial charge in [-0.25, -0.2) is 9.59 Å². The van der Waals surface area contributed by atoms with Crippen molar-refractivity contribution in [1.29, 1.82) is 0 Å². The van der Waals surface area contributed by atoms with Crippen molar-refractivity contribution in [2.24, 2.45) is 0 Å². The van der Waals surface area contributed by atoms with E-state index in [1.54, 1.807) is 0 Å². The predicted molar refractivity (Wildman–Crippen MR) is 158 cm³/mol. The van der Waals surface area contributed by atoms with E-state index < -0.39 is 0 Å². The van der Waals surface area contributed by atoms with Gasteiger partial charge in [-0.05, 0) is 56.2 Å². The number of carbonyl (C=O) groups is 2. The lowest BCUT2D eigenvalue weighted by Crippen LogP contribution is -2.47. The minimum atomic E-state index is -0.250. The molecule has 0 spiro atoms. The molecule has 3 aromatic carbocycles. The third-order valence-electron chi connectivity index (χ3n) is 6.84. The zero-order valence-corrected chi connectivity index (χ0v) is 22.5. The molecule has 1 aliphatic rings. The number of ether oxygens (including phenoxy) is 1. The molecule has 0 radical (unpaired) electrons. The van der Waals surface area contributed by atoms with Crippen LogP contribution < -0.4 is 26.0 Å². The average Bonchev–Trinajstić information content (AvgIpc) is 2.95. The maximum Gasteiger partial charge on any atom is 0.319 e. The molecule has 0 atom stereocenters. The van der Waals surface area contributed by atoms with Crippen LogP contribution in [-0.2, 0) is 0 Å². The summed E-state index contributed by atoms with van der Waals surface area (Å²) in [6.07, 6.45) is 1.67. The third-order valence-corrected chi connectivity index (χ3v) is 6.84. The molecule has 9 nitrogen and oxygen atoms in total. The van der Waals surface area contributed by atoms with Crippen LogP contribution in [-0.4, -0.2) is 54.2 Å². The van der Waals surface area contributed by atoms with E-state index in [2.05, 4.69) is 31.2 Å². The molecule has 2 heterocycles. The Labute approximate surface area is 233 Å². The number of urea groups is 2. The molecule has 9 heteroatoms. The molecule has 5 rings (SSSR count). The number of aromatic nitrogens is 1. The molecule has 4 aromatic rings. The van der Waals surface area contributed by atoms with Gasteiger partial charge in [-0.15, -0.1) is 0 Å².